The molecule has 0 radical (unpaired) electrons. The van der Waals surface area contributed by atoms with E-state index in [1.54, 1.807) is 36.4 Å². The predicted octanol–water partition coefficient (Wildman–Crippen LogP) is 8.53. The van der Waals surface area contributed by atoms with Gasteiger partial charge in [-0.3, -0.25) is 0 Å². The fourth-order valence-corrected chi connectivity index (χ4v) is 3.95. The van der Waals surface area contributed by atoms with E-state index in [1.165, 1.54) is 6.07 Å². The van der Waals surface area contributed by atoms with Crippen molar-refractivity contribution in [2.24, 2.45) is 0 Å². The van der Waals surface area contributed by atoms with Crippen LogP contribution in [0.1, 0.15) is 37.0 Å². The van der Waals surface area contributed by atoms with Crippen LogP contribution in [0.3, 0.4) is 0 Å². The van der Waals surface area contributed by atoms with Gasteiger partial charge in [-0.05, 0) is 58.9 Å². The smallest absolute Gasteiger partial charge is 0.167 e. The first-order valence-corrected chi connectivity index (χ1v) is 11.6. The highest BCUT2D eigenvalue weighted by atomic mass is 19.2. The van der Waals surface area contributed by atoms with E-state index in [1.807, 2.05) is 50.2 Å². The largest absolute Gasteiger partial charge is 0.489 e. The van der Waals surface area contributed by atoms with Crippen molar-refractivity contribution in [1.29, 1.82) is 0 Å². The Morgan fingerprint density at radius 2 is 1.29 bits per heavy atom. The topological polar surface area (TPSA) is 9.23 Å². The maximum atomic E-state index is 14.7. The Morgan fingerprint density at radius 3 is 1.94 bits per heavy atom. The average molecular weight is 461 g/mol. The molecule has 0 N–H and O–H groups in total. The summed E-state index contributed by atoms with van der Waals surface area (Å²) in [5.74, 6) is -1.47. The van der Waals surface area contributed by atoms with Crippen LogP contribution in [0.4, 0.5) is 13.2 Å². The number of hydrogen-bond donors (Lipinski definition) is 0. The molecule has 0 aromatic heterocycles. The average Bonchev–Trinajstić information content (AvgIpc) is 2.87. The molecule has 0 fully saturated rings. The summed E-state index contributed by atoms with van der Waals surface area (Å²) < 4.78 is 49.4. The maximum Gasteiger partial charge on any atom is 0.167 e. The van der Waals surface area contributed by atoms with Crippen molar-refractivity contribution >= 4 is 0 Å². The molecule has 0 heterocycles. The van der Waals surface area contributed by atoms with Crippen molar-refractivity contribution in [3.63, 3.8) is 0 Å². The van der Waals surface area contributed by atoms with Crippen molar-refractivity contribution in [1.82, 2.24) is 0 Å². The van der Waals surface area contributed by atoms with Gasteiger partial charge in [0.2, 0.25) is 0 Å². The third kappa shape index (κ3) is 5.17. The highest BCUT2D eigenvalue weighted by molar-refractivity contribution is 5.66. The molecule has 0 atom stereocenters. The molecule has 34 heavy (non-hydrogen) atoms. The second-order valence-corrected chi connectivity index (χ2v) is 8.32. The number of aryl methyl sites for hydroxylation is 2. The van der Waals surface area contributed by atoms with E-state index in [4.69, 9.17) is 4.74 Å². The van der Waals surface area contributed by atoms with Crippen LogP contribution in [0, 0.1) is 17.5 Å². The Hall–Kier alpha value is -3.53. The minimum atomic E-state index is -0.906. The van der Waals surface area contributed by atoms with Gasteiger partial charge in [0.15, 0.2) is 11.6 Å². The molecule has 0 amide bonds. The first-order valence-electron chi connectivity index (χ1n) is 11.6. The highest BCUT2D eigenvalue weighted by Gasteiger charge is 2.15. The Morgan fingerprint density at radius 1 is 0.647 bits per heavy atom. The van der Waals surface area contributed by atoms with E-state index >= 15 is 0 Å². The van der Waals surface area contributed by atoms with Crippen molar-refractivity contribution in [3.05, 3.63) is 113 Å². The quantitative estimate of drug-likeness (QED) is 0.256. The molecule has 0 aliphatic carbocycles. The molecule has 0 saturated heterocycles. The second kappa shape index (κ2) is 10.6. The molecular formula is C30H27F3O. The molecule has 0 unspecified atom stereocenters. The van der Waals surface area contributed by atoms with Gasteiger partial charge in [0, 0.05) is 11.1 Å². The van der Waals surface area contributed by atoms with Gasteiger partial charge in [-0.25, -0.2) is 13.2 Å². The summed E-state index contributed by atoms with van der Waals surface area (Å²) in [6.45, 7) is 3.96. The molecule has 4 rings (SSSR count). The lowest BCUT2D eigenvalue weighted by atomic mass is 10.0. The second-order valence-electron chi connectivity index (χ2n) is 8.32. The van der Waals surface area contributed by atoms with Crippen molar-refractivity contribution < 1.29 is 17.9 Å². The molecule has 0 bridgehead atoms. The molecule has 4 aromatic rings. The van der Waals surface area contributed by atoms with E-state index in [0.717, 1.165) is 29.5 Å². The van der Waals surface area contributed by atoms with Crippen LogP contribution in [-0.4, -0.2) is 0 Å². The van der Waals surface area contributed by atoms with E-state index in [9.17, 15) is 13.2 Å². The fraction of sp³-hybridized carbons (Fsp3) is 0.200. The number of halogens is 3. The van der Waals surface area contributed by atoms with Crippen molar-refractivity contribution in [2.45, 2.75) is 39.7 Å². The Kier molecular flexibility index (Phi) is 7.36. The standard InChI is InChI=1S/C30H27F3O/c1-3-5-23-10-11-24(18-28(23)31)21-12-15-26(16-13-21)34-19-25-14-17-27(30(33)29(25)32)22-8-6-20(4-2)7-9-22/h6-18H,3-5,19H2,1-2H3. The summed E-state index contributed by atoms with van der Waals surface area (Å²) in [7, 11) is 0. The van der Waals surface area contributed by atoms with Crippen LogP contribution in [-0.2, 0) is 19.4 Å². The van der Waals surface area contributed by atoms with Crippen molar-refractivity contribution in [3.8, 4) is 28.0 Å². The van der Waals surface area contributed by atoms with Crippen LogP contribution in [0.2, 0.25) is 0 Å². The summed E-state index contributed by atoms with van der Waals surface area (Å²) in [6.07, 6.45) is 2.49. The third-order valence-electron chi connectivity index (χ3n) is 5.99. The fourth-order valence-electron chi connectivity index (χ4n) is 3.95. The predicted molar refractivity (Wildman–Crippen MR) is 131 cm³/mol. The number of hydrogen-bond acceptors (Lipinski definition) is 1. The first kappa shape index (κ1) is 23.6. The molecule has 0 aliphatic rings. The lowest BCUT2D eigenvalue weighted by Crippen LogP contribution is -2.02. The zero-order valence-corrected chi connectivity index (χ0v) is 19.4. The zero-order chi connectivity index (χ0) is 24.1. The van der Waals surface area contributed by atoms with Gasteiger partial charge in [-0.15, -0.1) is 0 Å². The number of rotatable bonds is 8. The zero-order valence-electron chi connectivity index (χ0n) is 19.4. The van der Waals surface area contributed by atoms with Crippen LogP contribution in [0.25, 0.3) is 22.3 Å². The number of benzene rings is 4. The van der Waals surface area contributed by atoms with Crippen LogP contribution < -0.4 is 4.74 Å². The summed E-state index contributed by atoms with van der Waals surface area (Å²) in [5, 5.41) is 0. The normalized spacial score (nSPS) is 11.0. The molecule has 4 heteroatoms. The molecule has 0 saturated carbocycles. The first-order chi connectivity index (χ1) is 16.5. The lowest BCUT2D eigenvalue weighted by molar-refractivity contribution is 0.297. The van der Waals surface area contributed by atoms with Gasteiger partial charge >= 0.3 is 0 Å². The summed E-state index contributed by atoms with van der Waals surface area (Å²) in [5.41, 5.74) is 4.48. The van der Waals surface area contributed by atoms with Gasteiger partial charge < -0.3 is 4.74 Å². The van der Waals surface area contributed by atoms with Crippen LogP contribution in [0.5, 0.6) is 5.75 Å². The van der Waals surface area contributed by atoms with E-state index in [0.29, 0.717) is 23.3 Å². The lowest BCUT2D eigenvalue weighted by Gasteiger charge is -2.11. The number of ether oxygens (including phenoxy) is 1. The summed E-state index contributed by atoms with van der Waals surface area (Å²) in [6, 6.07) is 23.0. The van der Waals surface area contributed by atoms with Gasteiger partial charge in [0.1, 0.15) is 18.2 Å². The third-order valence-corrected chi connectivity index (χ3v) is 5.99. The molecule has 1 nitrogen and oxygen atoms in total. The van der Waals surface area contributed by atoms with Gasteiger partial charge in [-0.1, -0.05) is 80.9 Å². The highest BCUT2D eigenvalue weighted by Crippen LogP contribution is 2.29. The SMILES string of the molecule is CCCc1ccc(-c2ccc(OCc3ccc(-c4ccc(CC)cc4)c(F)c3F)cc2)cc1F. The summed E-state index contributed by atoms with van der Waals surface area (Å²) >= 11 is 0. The Balaban J connectivity index is 1.45. The van der Waals surface area contributed by atoms with Crippen LogP contribution in [0.15, 0.2) is 78.9 Å². The summed E-state index contributed by atoms with van der Waals surface area (Å²) in [4.78, 5) is 0. The minimum Gasteiger partial charge on any atom is -0.489 e. The maximum absolute atomic E-state index is 14.7. The Bertz CT molecular complexity index is 1260. The molecular weight excluding hydrogens is 433 g/mol. The Labute approximate surface area is 198 Å². The van der Waals surface area contributed by atoms with E-state index in [-0.39, 0.29) is 23.6 Å². The van der Waals surface area contributed by atoms with Gasteiger partial charge in [0.05, 0.1) is 0 Å². The molecule has 174 valence electrons. The monoisotopic (exact) mass is 460 g/mol. The van der Waals surface area contributed by atoms with E-state index < -0.39 is 11.6 Å². The molecule has 0 aliphatic heterocycles. The van der Waals surface area contributed by atoms with Gasteiger partial charge in [-0.2, -0.15) is 0 Å². The minimum absolute atomic E-state index is 0.0997. The van der Waals surface area contributed by atoms with Gasteiger partial charge in [0.25, 0.3) is 0 Å². The van der Waals surface area contributed by atoms with Crippen LogP contribution >= 0.6 is 0 Å². The molecule has 4 aromatic carbocycles. The van der Waals surface area contributed by atoms with E-state index in [2.05, 4.69) is 0 Å². The molecule has 0 spiro atoms. The van der Waals surface area contributed by atoms with Crippen molar-refractivity contribution in [2.75, 3.05) is 0 Å².